The molecule has 0 rings (SSSR count). The molecule has 0 fully saturated rings. The van der Waals surface area contributed by atoms with Crippen LogP contribution in [-0.4, -0.2) is 65.4 Å². The highest BCUT2D eigenvalue weighted by molar-refractivity contribution is 7.53. The maximum Gasteiger partial charge on any atom is 0.334 e. The van der Waals surface area contributed by atoms with Crippen molar-refractivity contribution < 1.29 is 44.3 Å². The van der Waals surface area contributed by atoms with Gasteiger partial charge < -0.3 is 40.0 Å². The van der Waals surface area contributed by atoms with Gasteiger partial charge in [0.15, 0.2) is 0 Å². The van der Waals surface area contributed by atoms with Crippen molar-refractivity contribution in [1.29, 1.82) is 0 Å². The first-order valence-corrected chi connectivity index (χ1v) is 19.1. The molecule has 0 saturated carbocycles. The van der Waals surface area contributed by atoms with Crippen LogP contribution in [-0.2, 0) is 4.31 Å². The zero-order valence-corrected chi connectivity index (χ0v) is 28.8. The Bertz CT molecular complexity index is 498. The van der Waals surface area contributed by atoms with Crippen LogP contribution in [0.5, 0.6) is 0 Å². The number of aliphatic hydroxyl groups excluding tert-OH is 3. The summed E-state index contributed by atoms with van der Waals surface area (Å²) in [6.07, 6.45) is 28.6. The van der Waals surface area contributed by atoms with E-state index in [4.69, 9.17) is 19.6 Å². The fraction of sp³-hybridized carbons (Fsp3) is 1.00. The monoisotopic (exact) mass is 646 g/mol. The zero-order valence-electron chi connectivity index (χ0n) is 27.0. The molecule has 8 N–H and O–H groups in total. The largest absolute Gasteiger partial charge is 0.395 e. The van der Waals surface area contributed by atoms with Gasteiger partial charge in [0.2, 0.25) is 0 Å². The van der Waals surface area contributed by atoms with Gasteiger partial charge in [-0.1, -0.05) is 155 Å². The van der Waals surface area contributed by atoms with E-state index in [1.54, 1.807) is 0 Å². The Morgan fingerprint density at radius 3 is 0.857 bits per heavy atom. The van der Waals surface area contributed by atoms with E-state index >= 15 is 0 Å². The number of hydrogen-bond acceptors (Lipinski definition) is 9. The molecule has 0 radical (unpaired) electrons. The van der Waals surface area contributed by atoms with Gasteiger partial charge in [-0.15, -0.1) is 0 Å². The van der Waals surface area contributed by atoms with Gasteiger partial charge in [0.25, 0.3) is 0 Å². The first kappa shape index (κ1) is 44.6. The van der Waals surface area contributed by atoms with Gasteiger partial charge in [0.1, 0.15) is 0 Å². The number of rotatable bonds is 30. The summed E-state index contributed by atoms with van der Waals surface area (Å²) in [5, 5.41) is 41.5. The number of aliphatic hydroxyl groups is 4. The molecule has 42 heavy (non-hydrogen) atoms. The van der Waals surface area contributed by atoms with Crippen molar-refractivity contribution in [2.75, 3.05) is 19.8 Å². The highest BCUT2D eigenvalue weighted by Crippen LogP contribution is 2.42. The molecule has 0 aliphatic heterocycles. The minimum Gasteiger partial charge on any atom is -0.395 e. The molecule has 9 nitrogen and oxygen atoms in total. The first-order chi connectivity index (χ1) is 20.2. The molecule has 0 aliphatic carbocycles. The van der Waals surface area contributed by atoms with Gasteiger partial charge in [0.05, 0.1) is 30.8 Å². The van der Waals surface area contributed by atoms with Crippen LogP contribution in [0.15, 0.2) is 0 Å². The van der Waals surface area contributed by atoms with Crippen LogP contribution in [0, 0.1) is 5.41 Å². The standard InChI is InChI=1S/C31H64O4.H4O5P2/c1-3-5-7-9-11-13-15-17-19-21-23-25-31(35,30(27-32,28-33)29-34)26-24-22-20-18-16-14-12-10-8-6-4-2;1-6(2)5-7(3)4/h32-35H,3-29H2,1-2H3;1-4H. The molecule has 0 amide bonds. The molecule has 0 aromatic rings. The van der Waals surface area contributed by atoms with Gasteiger partial charge in [-0.25, -0.2) is 4.31 Å². The van der Waals surface area contributed by atoms with Crippen LogP contribution in [0.2, 0.25) is 0 Å². The molecule has 0 aromatic heterocycles. The van der Waals surface area contributed by atoms with Crippen molar-refractivity contribution in [3.05, 3.63) is 0 Å². The van der Waals surface area contributed by atoms with Crippen molar-refractivity contribution in [3.63, 3.8) is 0 Å². The van der Waals surface area contributed by atoms with Crippen LogP contribution in [0.25, 0.3) is 0 Å². The van der Waals surface area contributed by atoms with E-state index in [0.717, 1.165) is 25.7 Å². The second-order valence-electron chi connectivity index (χ2n) is 11.9. The third-order valence-corrected chi connectivity index (χ3v) is 9.60. The Labute approximate surface area is 260 Å². The molecule has 256 valence electrons. The van der Waals surface area contributed by atoms with E-state index in [0.29, 0.717) is 12.8 Å². The van der Waals surface area contributed by atoms with Crippen molar-refractivity contribution in [3.8, 4) is 0 Å². The topological polar surface area (TPSA) is 171 Å². The minimum absolute atomic E-state index is 0.382. The average Bonchev–Trinajstić information content (AvgIpc) is 2.95. The first-order valence-electron chi connectivity index (χ1n) is 16.8. The second kappa shape index (κ2) is 31.5. The SMILES string of the molecule is CCCCCCCCCCCCCC(O)(CCCCCCCCCCCCC)C(CO)(CO)CO.OP(O)OP(O)O. The lowest BCUT2D eigenvalue weighted by molar-refractivity contribution is -0.162. The van der Waals surface area contributed by atoms with Gasteiger partial charge in [-0.05, 0) is 12.8 Å². The number of hydrogen-bond donors (Lipinski definition) is 8. The Morgan fingerprint density at radius 2 is 0.667 bits per heavy atom. The summed E-state index contributed by atoms with van der Waals surface area (Å²) in [6, 6.07) is 0. The summed E-state index contributed by atoms with van der Waals surface area (Å²) in [7, 11) is -5.22. The molecule has 0 aliphatic rings. The van der Waals surface area contributed by atoms with Gasteiger partial charge in [-0.3, -0.25) is 0 Å². The van der Waals surface area contributed by atoms with Crippen molar-refractivity contribution in [2.24, 2.45) is 5.41 Å². The summed E-state index contributed by atoms with van der Waals surface area (Å²) >= 11 is 0. The minimum atomic E-state index is -2.61. The summed E-state index contributed by atoms with van der Waals surface area (Å²) in [6.45, 7) is 3.36. The van der Waals surface area contributed by atoms with Crippen LogP contribution < -0.4 is 0 Å². The van der Waals surface area contributed by atoms with Crippen LogP contribution in [0.4, 0.5) is 0 Å². The summed E-state index contributed by atoms with van der Waals surface area (Å²) in [5.41, 5.74) is -2.42. The molecule has 0 spiro atoms. The molecule has 0 unspecified atom stereocenters. The highest BCUT2D eigenvalue weighted by atomic mass is 31.2. The third-order valence-electron chi connectivity index (χ3n) is 8.43. The second-order valence-corrected chi connectivity index (χ2v) is 13.6. The molecule has 0 saturated heterocycles. The van der Waals surface area contributed by atoms with Crippen LogP contribution in [0.1, 0.15) is 168 Å². The van der Waals surface area contributed by atoms with Crippen molar-refractivity contribution in [2.45, 2.75) is 174 Å². The molecule has 0 heterocycles. The fourth-order valence-corrected chi connectivity index (χ4v) is 6.00. The number of unbranched alkanes of at least 4 members (excludes halogenated alkanes) is 20. The normalized spacial score (nSPS) is 12.3. The van der Waals surface area contributed by atoms with E-state index in [9.17, 15) is 20.4 Å². The van der Waals surface area contributed by atoms with Crippen LogP contribution >= 0.6 is 17.2 Å². The average molecular weight is 647 g/mol. The highest BCUT2D eigenvalue weighted by Gasteiger charge is 2.48. The quantitative estimate of drug-likeness (QED) is 0.0290. The molecule has 11 heteroatoms. The molecule has 0 atom stereocenters. The summed E-state index contributed by atoms with van der Waals surface area (Å²) < 4.78 is 3.60. The maximum absolute atomic E-state index is 11.5. The molecular weight excluding hydrogens is 578 g/mol. The Morgan fingerprint density at radius 1 is 0.429 bits per heavy atom. The lowest BCUT2D eigenvalue weighted by Crippen LogP contribution is -2.55. The Hall–Kier alpha value is 0.500. The Kier molecular flexibility index (Phi) is 33.4. The lowest BCUT2D eigenvalue weighted by Gasteiger charge is -2.44. The Balaban J connectivity index is 0. The lowest BCUT2D eigenvalue weighted by atomic mass is 9.68. The predicted octanol–water partition coefficient (Wildman–Crippen LogP) is 7.51. The third kappa shape index (κ3) is 24.8. The molecule has 0 aromatic carbocycles. The van der Waals surface area contributed by atoms with E-state index < -0.39 is 28.2 Å². The van der Waals surface area contributed by atoms with Gasteiger partial charge in [-0.2, -0.15) is 0 Å². The van der Waals surface area contributed by atoms with Crippen molar-refractivity contribution in [1.82, 2.24) is 0 Å². The van der Waals surface area contributed by atoms with Gasteiger partial charge in [0, 0.05) is 0 Å². The van der Waals surface area contributed by atoms with E-state index in [1.165, 1.54) is 116 Å². The maximum atomic E-state index is 11.5. The van der Waals surface area contributed by atoms with Gasteiger partial charge >= 0.3 is 17.2 Å². The predicted molar refractivity (Wildman–Crippen MR) is 175 cm³/mol. The van der Waals surface area contributed by atoms with Crippen LogP contribution in [0.3, 0.4) is 0 Å². The molecule has 0 bridgehead atoms. The summed E-state index contributed by atoms with van der Waals surface area (Å²) in [4.78, 5) is 31.3. The van der Waals surface area contributed by atoms with E-state index in [2.05, 4.69) is 18.2 Å². The van der Waals surface area contributed by atoms with Crippen molar-refractivity contribution >= 4 is 17.2 Å². The zero-order chi connectivity index (χ0) is 32.0. The summed E-state index contributed by atoms with van der Waals surface area (Å²) in [5.74, 6) is 0. The fourth-order valence-electron chi connectivity index (χ4n) is 5.48. The van der Waals surface area contributed by atoms with E-state index in [1.807, 2.05) is 0 Å². The smallest absolute Gasteiger partial charge is 0.334 e. The molecular formula is C31H68O9P2. The van der Waals surface area contributed by atoms with E-state index in [-0.39, 0.29) is 19.8 Å².